The minimum atomic E-state index is -0.463. The molecule has 1 heterocycles. The Kier molecular flexibility index (Phi) is 3.14. The minimum absolute atomic E-state index is 0.138. The van der Waals surface area contributed by atoms with Crippen molar-refractivity contribution in [2.75, 3.05) is 5.32 Å². The number of carbonyl (C=O) groups is 3. The zero-order chi connectivity index (χ0) is 13.3. The van der Waals surface area contributed by atoms with Crippen LogP contribution in [0.5, 0.6) is 0 Å². The summed E-state index contributed by atoms with van der Waals surface area (Å²) in [5.41, 5.74) is 0.947. The van der Waals surface area contributed by atoms with Crippen molar-refractivity contribution in [3.05, 3.63) is 29.3 Å². The fraction of sp³-hybridized carbons (Fsp3) is 0.308. The fourth-order valence-corrected chi connectivity index (χ4v) is 1.76. The fourth-order valence-electron chi connectivity index (χ4n) is 1.76. The van der Waals surface area contributed by atoms with Gasteiger partial charge in [-0.15, -0.1) is 0 Å². The quantitative estimate of drug-likeness (QED) is 0.794. The predicted molar refractivity (Wildman–Crippen MR) is 66.3 cm³/mol. The Labute approximate surface area is 105 Å². The van der Waals surface area contributed by atoms with Crippen molar-refractivity contribution in [1.82, 2.24) is 5.32 Å². The van der Waals surface area contributed by atoms with Crippen molar-refractivity contribution in [2.24, 2.45) is 5.92 Å². The summed E-state index contributed by atoms with van der Waals surface area (Å²) in [5, 5.41) is 4.90. The molecule has 2 N–H and O–H groups in total. The largest absolute Gasteiger partial charge is 0.325 e. The van der Waals surface area contributed by atoms with Gasteiger partial charge in [0.05, 0.1) is 16.8 Å². The molecule has 5 heteroatoms. The highest BCUT2D eigenvalue weighted by Crippen LogP contribution is 2.24. The third-order valence-corrected chi connectivity index (χ3v) is 3.08. The summed E-state index contributed by atoms with van der Waals surface area (Å²) < 4.78 is 0. The third-order valence-electron chi connectivity index (χ3n) is 3.08. The molecule has 1 aromatic rings. The first-order chi connectivity index (χ1) is 8.54. The van der Waals surface area contributed by atoms with Gasteiger partial charge in [0.15, 0.2) is 0 Å². The molecule has 0 saturated heterocycles. The van der Waals surface area contributed by atoms with Crippen LogP contribution in [0.2, 0.25) is 0 Å². The summed E-state index contributed by atoms with van der Waals surface area (Å²) in [7, 11) is 0. The maximum Gasteiger partial charge on any atom is 0.261 e. The number of rotatable bonds is 3. The van der Waals surface area contributed by atoms with Gasteiger partial charge in [-0.2, -0.15) is 0 Å². The van der Waals surface area contributed by atoms with Crippen molar-refractivity contribution in [3.63, 3.8) is 0 Å². The summed E-state index contributed by atoms with van der Waals surface area (Å²) >= 11 is 0. The Morgan fingerprint density at radius 1 is 1.33 bits per heavy atom. The van der Waals surface area contributed by atoms with Gasteiger partial charge in [-0.25, -0.2) is 0 Å². The lowest BCUT2D eigenvalue weighted by atomic mass is 10.1. The maximum absolute atomic E-state index is 11.8. The Bertz CT molecular complexity index is 537. The zero-order valence-electron chi connectivity index (χ0n) is 10.2. The van der Waals surface area contributed by atoms with E-state index >= 15 is 0 Å². The standard InChI is InChI=1S/C13H14N2O3/c1-3-7(2)11(16)14-9-6-4-5-8-10(9)13(18)15-12(8)17/h4-7H,3H2,1-2H3,(H,14,16)(H,15,17,18). The average molecular weight is 246 g/mol. The number of nitrogens with one attached hydrogen (secondary N) is 2. The molecule has 1 aromatic carbocycles. The van der Waals surface area contributed by atoms with Crippen LogP contribution in [0.25, 0.3) is 0 Å². The van der Waals surface area contributed by atoms with E-state index in [1.54, 1.807) is 18.2 Å². The number of carbonyl (C=O) groups excluding carboxylic acids is 3. The van der Waals surface area contributed by atoms with Crippen molar-refractivity contribution >= 4 is 23.4 Å². The lowest BCUT2D eigenvalue weighted by Crippen LogP contribution is -2.22. The van der Waals surface area contributed by atoms with Crippen molar-refractivity contribution in [1.29, 1.82) is 0 Å². The van der Waals surface area contributed by atoms with Gasteiger partial charge in [0.1, 0.15) is 0 Å². The van der Waals surface area contributed by atoms with Crippen LogP contribution in [0, 0.1) is 5.92 Å². The number of hydrogen-bond acceptors (Lipinski definition) is 3. The van der Waals surface area contributed by atoms with E-state index in [2.05, 4.69) is 10.6 Å². The number of amides is 3. The molecule has 0 radical (unpaired) electrons. The number of imide groups is 1. The maximum atomic E-state index is 11.8. The summed E-state index contributed by atoms with van der Waals surface area (Å²) in [4.78, 5) is 34.9. The van der Waals surface area contributed by atoms with E-state index in [-0.39, 0.29) is 17.4 Å². The van der Waals surface area contributed by atoms with Crippen LogP contribution in [0.15, 0.2) is 18.2 Å². The Morgan fingerprint density at radius 3 is 2.72 bits per heavy atom. The summed E-state index contributed by atoms with van der Waals surface area (Å²) in [6.45, 7) is 3.72. The Balaban J connectivity index is 2.34. The summed E-state index contributed by atoms with van der Waals surface area (Å²) in [6, 6.07) is 4.83. The normalized spacial score (nSPS) is 15.0. The lowest BCUT2D eigenvalue weighted by molar-refractivity contribution is -0.119. The monoisotopic (exact) mass is 246 g/mol. The van der Waals surface area contributed by atoms with E-state index in [1.807, 2.05) is 13.8 Å². The molecule has 0 aliphatic carbocycles. The van der Waals surface area contributed by atoms with Crippen molar-refractivity contribution < 1.29 is 14.4 Å². The Hall–Kier alpha value is -2.17. The summed E-state index contributed by atoms with van der Waals surface area (Å²) in [5.74, 6) is -1.18. The highest BCUT2D eigenvalue weighted by molar-refractivity contribution is 6.24. The van der Waals surface area contributed by atoms with E-state index in [1.165, 1.54) is 0 Å². The smallest absolute Gasteiger partial charge is 0.261 e. The first-order valence-electron chi connectivity index (χ1n) is 5.84. The number of anilines is 1. The van der Waals surface area contributed by atoms with Crippen LogP contribution in [0.4, 0.5) is 5.69 Å². The van der Waals surface area contributed by atoms with Crippen LogP contribution < -0.4 is 10.6 Å². The van der Waals surface area contributed by atoms with Crippen LogP contribution in [0.3, 0.4) is 0 Å². The molecular formula is C13H14N2O3. The molecule has 0 fully saturated rings. The van der Waals surface area contributed by atoms with E-state index < -0.39 is 11.8 Å². The van der Waals surface area contributed by atoms with Gasteiger partial charge in [-0.1, -0.05) is 19.9 Å². The summed E-state index contributed by atoms with van der Waals surface area (Å²) in [6.07, 6.45) is 0.714. The van der Waals surface area contributed by atoms with Crippen LogP contribution in [-0.4, -0.2) is 17.7 Å². The second-order valence-electron chi connectivity index (χ2n) is 4.31. The highest BCUT2D eigenvalue weighted by Gasteiger charge is 2.29. The van der Waals surface area contributed by atoms with E-state index in [0.717, 1.165) is 0 Å². The van der Waals surface area contributed by atoms with Crippen LogP contribution in [0.1, 0.15) is 41.0 Å². The van der Waals surface area contributed by atoms with Gasteiger partial charge in [-0.3, -0.25) is 19.7 Å². The predicted octanol–water partition coefficient (Wildman–Crippen LogP) is 1.55. The van der Waals surface area contributed by atoms with Crippen molar-refractivity contribution in [2.45, 2.75) is 20.3 Å². The topological polar surface area (TPSA) is 75.3 Å². The first kappa shape index (κ1) is 12.3. The second-order valence-corrected chi connectivity index (χ2v) is 4.31. The molecule has 5 nitrogen and oxygen atoms in total. The third kappa shape index (κ3) is 1.99. The minimum Gasteiger partial charge on any atom is -0.325 e. The molecule has 1 atom stereocenters. The number of fused-ring (bicyclic) bond motifs is 1. The molecule has 0 aromatic heterocycles. The second kappa shape index (κ2) is 4.60. The van der Waals surface area contributed by atoms with Gasteiger partial charge >= 0.3 is 0 Å². The van der Waals surface area contributed by atoms with Gasteiger partial charge in [-0.05, 0) is 18.6 Å². The average Bonchev–Trinajstić information content (AvgIpc) is 2.65. The van der Waals surface area contributed by atoms with Gasteiger partial charge in [0, 0.05) is 5.92 Å². The van der Waals surface area contributed by atoms with E-state index in [9.17, 15) is 14.4 Å². The molecule has 0 bridgehead atoms. The number of hydrogen-bond donors (Lipinski definition) is 2. The van der Waals surface area contributed by atoms with E-state index in [0.29, 0.717) is 17.7 Å². The van der Waals surface area contributed by atoms with Gasteiger partial charge < -0.3 is 5.32 Å². The number of benzene rings is 1. The SMILES string of the molecule is CCC(C)C(=O)Nc1cccc2c1C(=O)NC2=O. The molecule has 18 heavy (non-hydrogen) atoms. The molecule has 0 spiro atoms. The van der Waals surface area contributed by atoms with Gasteiger partial charge in [0.2, 0.25) is 5.91 Å². The molecule has 2 rings (SSSR count). The van der Waals surface area contributed by atoms with Gasteiger partial charge in [0.25, 0.3) is 11.8 Å². The molecule has 0 saturated carbocycles. The molecular weight excluding hydrogens is 232 g/mol. The molecule has 3 amide bonds. The highest BCUT2D eigenvalue weighted by atomic mass is 16.2. The molecule has 1 unspecified atom stereocenters. The zero-order valence-corrected chi connectivity index (χ0v) is 10.2. The van der Waals surface area contributed by atoms with Crippen molar-refractivity contribution in [3.8, 4) is 0 Å². The first-order valence-corrected chi connectivity index (χ1v) is 5.84. The molecule has 94 valence electrons. The molecule has 1 aliphatic rings. The van der Waals surface area contributed by atoms with Crippen LogP contribution >= 0.6 is 0 Å². The lowest BCUT2D eigenvalue weighted by Gasteiger charge is -2.11. The van der Waals surface area contributed by atoms with E-state index in [4.69, 9.17) is 0 Å². The molecule has 1 aliphatic heterocycles. The Morgan fingerprint density at radius 2 is 2.06 bits per heavy atom. The van der Waals surface area contributed by atoms with Crippen LogP contribution in [-0.2, 0) is 4.79 Å².